The molecule has 1 unspecified atom stereocenters. The summed E-state index contributed by atoms with van der Waals surface area (Å²) in [6.45, 7) is 3.88. The van der Waals surface area contributed by atoms with E-state index in [0.717, 1.165) is 5.56 Å². The molecule has 0 radical (unpaired) electrons. The Morgan fingerprint density at radius 3 is 2.76 bits per heavy atom. The Bertz CT molecular complexity index is 841. The standard InChI is InChI=1S/C18H20N4O3/c1-12-9-16(21-25-12)20-17(23)11-22(3)13(2)18-19-10-15(24-18)14-7-5-4-6-8-14/h4-10,13H,11H2,1-3H3,(H,20,21,23). The fourth-order valence-electron chi connectivity index (χ4n) is 2.38. The van der Waals surface area contributed by atoms with E-state index in [4.69, 9.17) is 8.94 Å². The third-order valence-corrected chi connectivity index (χ3v) is 3.89. The molecule has 2 aromatic heterocycles. The average molecular weight is 340 g/mol. The van der Waals surface area contributed by atoms with Gasteiger partial charge in [-0.05, 0) is 20.9 Å². The monoisotopic (exact) mass is 340 g/mol. The number of oxazole rings is 1. The first kappa shape index (κ1) is 16.9. The van der Waals surface area contributed by atoms with Gasteiger partial charge in [-0.3, -0.25) is 9.69 Å². The fraction of sp³-hybridized carbons (Fsp3) is 0.278. The second kappa shape index (κ2) is 7.31. The van der Waals surface area contributed by atoms with Crippen molar-refractivity contribution < 1.29 is 13.7 Å². The molecule has 0 fully saturated rings. The van der Waals surface area contributed by atoms with Crippen molar-refractivity contribution in [1.82, 2.24) is 15.0 Å². The van der Waals surface area contributed by atoms with Gasteiger partial charge in [-0.15, -0.1) is 0 Å². The number of nitrogens with zero attached hydrogens (tertiary/aromatic N) is 3. The van der Waals surface area contributed by atoms with E-state index >= 15 is 0 Å². The van der Waals surface area contributed by atoms with Crippen LogP contribution in [0.3, 0.4) is 0 Å². The summed E-state index contributed by atoms with van der Waals surface area (Å²) < 4.78 is 10.8. The van der Waals surface area contributed by atoms with Gasteiger partial charge in [0.2, 0.25) is 11.8 Å². The number of amides is 1. The summed E-state index contributed by atoms with van der Waals surface area (Å²) in [5.74, 6) is 2.14. The lowest BCUT2D eigenvalue weighted by molar-refractivity contribution is -0.117. The van der Waals surface area contributed by atoms with Gasteiger partial charge >= 0.3 is 0 Å². The molecule has 0 spiro atoms. The predicted molar refractivity (Wildman–Crippen MR) is 92.9 cm³/mol. The van der Waals surface area contributed by atoms with E-state index in [1.807, 2.05) is 49.2 Å². The highest BCUT2D eigenvalue weighted by Gasteiger charge is 2.20. The van der Waals surface area contributed by atoms with Crippen LogP contribution in [0.15, 0.2) is 51.5 Å². The first-order chi connectivity index (χ1) is 12.0. The molecule has 3 rings (SSSR count). The molecular weight excluding hydrogens is 320 g/mol. The molecule has 0 aliphatic heterocycles. The molecule has 0 saturated carbocycles. The number of rotatable bonds is 6. The van der Waals surface area contributed by atoms with Gasteiger partial charge in [0.15, 0.2) is 11.6 Å². The van der Waals surface area contributed by atoms with Gasteiger partial charge in [-0.1, -0.05) is 35.5 Å². The molecule has 2 heterocycles. The molecule has 1 atom stereocenters. The maximum atomic E-state index is 12.1. The van der Waals surface area contributed by atoms with Gasteiger partial charge in [0, 0.05) is 11.6 Å². The third-order valence-electron chi connectivity index (χ3n) is 3.89. The highest BCUT2D eigenvalue weighted by molar-refractivity contribution is 5.91. The van der Waals surface area contributed by atoms with Crippen molar-refractivity contribution >= 4 is 11.7 Å². The molecule has 1 aromatic carbocycles. The number of nitrogens with one attached hydrogen (secondary N) is 1. The second-order valence-corrected chi connectivity index (χ2v) is 5.89. The molecule has 0 aliphatic rings. The van der Waals surface area contributed by atoms with Crippen LogP contribution in [0, 0.1) is 6.92 Å². The Labute approximate surface area is 145 Å². The quantitative estimate of drug-likeness (QED) is 0.741. The number of hydrogen-bond donors (Lipinski definition) is 1. The third kappa shape index (κ3) is 4.13. The first-order valence-corrected chi connectivity index (χ1v) is 7.97. The van der Waals surface area contributed by atoms with E-state index in [0.29, 0.717) is 23.2 Å². The van der Waals surface area contributed by atoms with Crippen molar-refractivity contribution in [3.05, 3.63) is 54.2 Å². The van der Waals surface area contributed by atoms with Crippen LogP contribution in [0.2, 0.25) is 0 Å². The zero-order valence-corrected chi connectivity index (χ0v) is 14.4. The Hall–Kier alpha value is -2.93. The summed E-state index contributed by atoms with van der Waals surface area (Å²) in [5.41, 5.74) is 0.968. The smallest absolute Gasteiger partial charge is 0.239 e. The van der Waals surface area contributed by atoms with Crippen LogP contribution in [0.4, 0.5) is 5.82 Å². The fourth-order valence-corrected chi connectivity index (χ4v) is 2.38. The summed E-state index contributed by atoms with van der Waals surface area (Å²) in [6, 6.07) is 11.3. The van der Waals surface area contributed by atoms with Gasteiger partial charge in [-0.25, -0.2) is 4.98 Å². The van der Waals surface area contributed by atoms with Crippen molar-refractivity contribution in [2.75, 3.05) is 18.9 Å². The summed E-state index contributed by atoms with van der Waals surface area (Å²) in [6.07, 6.45) is 1.70. The van der Waals surface area contributed by atoms with Crippen molar-refractivity contribution in [1.29, 1.82) is 0 Å². The van der Waals surface area contributed by atoms with E-state index < -0.39 is 0 Å². The van der Waals surface area contributed by atoms with Gasteiger partial charge in [-0.2, -0.15) is 0 Å². The van der Waals surface area contributed by atoms with Crippen LogP contribution in [-0.4, -0.2) is 34.5 Å². The molecule has 3 aromatic rings. The number of likely N-dealkylation sites (N-methyl/N-ethyl adjacent to an activating group) is 1. The predicted octanol–water partition coefficient (Wildman–Crippen LogP) is 3.27. The van der Waals surface area contributed by atoms with Crippen LogP contribution in [0.5, 0.6) is 0 Å². The van der Waals surface area contributed by atoms with Crippen LogP contribution in [0.25, 0.3) is 11.3 Å². The second-order valence-electron chi connectivity index (χ2n) is 5.89. The number of aryl methyl sites for hydroxylation is 1. The molecule has 130 valence electrons. The largest absolute Gasteiger partial charge is 0.439 e. The maximum Gasteiger partial charge on any atom is 0.239 e. The molecule has 7 heteroatoms. The molecule has 25 heavy (non-hydrogen) atoms. The maximum absolute atomic E-state index is 12.1. The van der Waals surface area contributed by atoms with E-state index in [9.17, 15) is 4.79 Å². The van der Waals surface area contributed by atoms with E-state index in [1.165, 1.54) is 0 Å². The van der Waals surface area contributed by atoms with Crippen molar-refractivity contribution in [2.45, 2.75) is 19.9 Å². The number of anilines is 1. The molecule has 0 bridgehead atoms. The van der Waals surface area contributed by atoms with Crippen molar-refractivity contribution in [2.24, 2.45) is 0 Å². The number of benzene rings is 1. The first-order valence-electron chi connectivity index (χ1n) is 7.97. The minimum Gasteiger partial charge on any atom is -0.439 e. The lowest BCUT2D eigenvalue weighted by atomic mass is 10.2. The topological polar surface area (TPSA) is 84.4 Å². The molecule has 0 saturated heterocycles. The van der Waals surface area contributed by atoms with Gasteiger partial charge in [0.25, 0.3) is 0 Å². The lowest BCUT2D eigenvalue weighted by Crippen LogP contribution is -2.32. The molecular formula is C18H20N4O3. The number of aromatic nitrogens is 2. The Balaban J connectivity index is 1.61. The minimum absolute atomic E-state index is 0.151. The Morgan fingerprint density at radius 1 is 1.32 bits per heavy atom. The van der Waals surface area contributed by atoms with Gasteiger partial charge < -0.3 is 14.3 Å². The van der Waals surface area contributed by atoms with Crippen LogP contribution in [-0.2, 0) is 4.79 Å². The minimum atomic E-state index is -0.183. The summed E-state index contributed by atoms with van der Waals surface area (Å²) in [4.78, 5) is 18.3. The average Bonchev–Trinajstić information content (AvgIpc) is 3.24. The molecule has 1 N–H and O–H groups in total. The van der Waals surface area contributed by atoms with Crippen molar-refractivity contribution in [3.63, 3.8) is 0 Å². The van der Waals surface area contributed by atoms with Crippen LogP contribution in [0.1, 0.15) is 24.6 Å². The Kier molecular flexibility index (Phi) is 4.95. The van der Waals surface area contributed by atoms with Crippen LogP contribution < -0.4 is 5.32 Å². The highest BCUT2D eigenvalue weighted by atomic mass is 16.5. The van der Waals surface area contributed by atoms with Crippen molar-refractivity contribution in [3.8, 4) is 11.3 Å². The number of hydrogen-bond acceptors (Lipinski definition) is 6. The molecule has 0 aliphatic carbocycles. The Morgan fingerprint density at radius 2 is 2.08 bits per heavy atom. The van der Waals surface area contributed by atoms with Gasteiger partial charge in [0.1, 0.15) is 5.76 Å². The number of carbonyl (C=O) groups is 1. The highest BCUT2D eigenvalue weighted by Crippen LogP contribution is 2.25. The van der Waals surface area contributed by atoms with E-state index in [-0.39, 0.29) is 18.5 Å². The summed E-state index contributed by atoms with van der Waals surface area (Å²) >= 11 is 0. The number of carbonyl (C=O) groups excluding carboxylic acids is 1. The normalized spacial score (nSPS) is 12.3. The van der Waals surface area contributed by atoms with E-state index in [2.05, 4.69) is 15.5 Å². The zero-order valence-electron chi connectivity index (χ0n) is 14.4. The SMILES string of the molecule is Cc1cc(NC(=O)CN(C)C(C)c2ncc(-c3ccccc3)o2)no1. The molecule has 7 nitrogen and oxygen atoms in total. The molecule has 1 amide bonds. The summed E-state index contributed by atoms with van der Waals surface area (Å²) in [7, 11) is 1.84. The van der Waals surface area contributed by atoms with E-state index in [1.54, 1.807) is 19.2 Å². The lowest BCUT2D eigenvalue weighted by Gasteiger charge is -2.21. The summed E-state index contributed by atoms with van der Waals surface area (Å²) in [5, 5.41) is 6.44. The van der Waals surface area contributed by atoms with Crippen LogP contribution >= 0.6 is 0 Å². The van der Waals surface area contributed by atoms with Gasteiger partial charge in [0.05, 0.1) is 18.8 Å². The zero-order chi connectivity index (χ0) is 17.8.